The number of halogens is 1. The molecule has 13 heavy (non-hydrogen) atoms. The highest BCUT2D eigenvalue weighted by Gasteiger charge is 2.26. The number of hydrogen-bond acceptors (Lipinski definition) is 2. The van der Waals surface area contributed by atoms with E-state index >= 15 is 0 Å². The molecule has 0 aromatic carbocycles. The lowest BCUT2D eigenvalue weighted by molar-refractivity contribution is -0.0860. The van der Waals surface area contributed by atoms with Crippen LogP contribution in [-0.4, -0.2) is 42.1 Å². The molecule has 0 aromatic rings. The first-order valence-electron chi connectivity index (χ1n) is 5.06. The minimum Gasteiger partial charge on any atom is -0.373 e. The zero-order valence-electron chi connectivity index (χ0n) is 8.68. The standard InChI is InChI=1S/C10H20BrNO/c1-10(2)9-12(7-8-13-10)6-4-3-5-11/h3-9H2,1-2H3. The Bertz CT molecular complexity index is 150. The van der Waals surface area contributed by atoms with E-state index in [1.807, 2.05) is 0 Å². The fraction of sp³-hybridized carbons (Fsp3) is 1.00. The van der Waals surface area contributed by atoms with E-state index < -0.39 is 0 Å². The van der Waals surface area contributed by atoms with Gasteiger partial charge in [0.05, 0.1) is 12.2 Å². The van der Waals surface area contributed by atoms with Crippen LogP contribution in [-0.2, 0) is 4.74 Å². The molecule has 1 heterocycles. The summed E-state index contributed by atoms with van der Waals surface area (Å²) in [4.78, 5) is 2.51. The van der Waals surface area contributed by atoms with Crippen LogP contribution >= 0.6 is 15.9 Å². The van der Waals surface area contributed by atoms with Crippen LogP contribution in [0.3, 0.4) is 0 Å². The Morgan fingerprint density at radius 1 is 1.38 bits per heavy atom. The number of nitrogens with zero attached hydrogens (tertiary/aromatic N) is 1. The number of hydrogen-bond donors (Lipinski definition) is 0. The van der Waals surface area contributed by atoms with E-state index in [1.54, 1.807) is 0 Å². The first kappa shape index (κ1) is 11.5. The molecule has 3 heteroatoms. The van der Waals surface area contributed by atoms with E-state index in [2.05, 4.69) is 34.7 Å². The van der Waals surface area contributed by atoms with Crippen molar-refractivity contribution in [2.45, 2.75) is 32.3 Å². The minimum atomic E-state index is 0.0622. The molecule has 1 aliphatic rings. The zero-order chi connectivity index (χ0) is 9.73. The third-order valence-corrected chi connectivity index (χ3v) is 2.92. The second-order valence-electron chi connectivity index (χ2n) is 4.28. The molecule has 0 spiro atoms. The Labute approximate surface area is 89.8 Å². The average Bonchev–Trinajstić information content (AvgIpc) is 2.03. The van der Waals surface area contributed by atoms with Crippen LogP contribution in [0.5, 0.6) is 0 Å². The number of alkyl halides is 1. The molecular weight excluding hydrogens is 230 g/mol. The normalized spacial score (nSPS) is 23.3. The molecular formula is C10H20BrNO. The molecule has 0 saturated carbocycles. The Kier molecular flexibility index (Phi) is 4.70. The Balaban J connectivity index is 2.19. The molecule has 0 radical (unpaired) electrons. The summed E-state index contributed by atoms with van der Waals surface area (Å²) in [5.74, 6) is 0. The third kappa shape index (κ3) is 4.43. The quantitative estimate of drug-likeness (QED) is 0.560. The lowest BCUT2D eigenvalue weighted by Gasteiger charge is -2.38. The summed E-state index contributed by atoms with van der Waals surface area (Å²) in [6.07, 6.45) is 2.57. The number of ether oxygens (including phenoxy) is 1. The van der Waals surface area contributed by atoms with Gasteiger partial charge in [-0.15, -0.1) is 0 Å². The Hall–Kier alpha value is 0.400. The van der Waals surface area contributed by atoms with E-state index in [4.69, 9.17) is 4.74 Å². The van der Waals surface area contributed by atoms with Gasteiger partial charge in [0.25, 0.3) is 0 Å². The monoisotopic (exact) mass is 249 g/mol. The van der Waals surface area contributed by atoms with Gasteiger partial charge in [0.1, 0.15) is 0 Å². The molecule has 78 valence electrons. The minimum absolute atomic E-state index is 0.0622. The van der Waals surface area contributed by atoms with Crippen LogP contribution < -0.4 is 0 Å². The summed E-state index contributed by atoms with van der Waals surface area (Å²) in [6.45, 7) is 8.63. The third-order valence-electron chi connectivity index (χ3n) is 2.36. The Morgan fingerprint density at radius 3 is 2.77 bits per heavy atom. The van der Waals surface area contributed by atoms with Crippen molar-refractivity contribution in [2.24, 2.45) is 0 Å². The molecule has 0 bridgehead atoms. The average molecular weight is 250 g/mol. The highest BCUT2D eigenvalue weighted by molar-refractivity contribution is 9.09. The molecule has 1 saturated heterocycles. The van der Waals surface area contributed by atoms with Crippen molar-refractivity contribution < 1.29 is 4.74 Å². The summed E-state index contributed by atoms with van der Waals surface area (Å²) in [7, 11) is 0. The fourth-order valence-corrected chi connectivity index (χ4v) is 2.13. The van der Waals surface area contributed by atoms with Crippen molar-refractivity contribution in [3.05, 3.63) is 0 Å². The van der Waals surface area contributed by atoms with Crippen molar-refractivity contribution in [3.63, 3.8) is 0 Å². The highest BCUT2D eigenvalue weighted by atomic mass is 79.9. The molecule has 1 fully saturated rings. The number of morpholine rings is 1. The molecule has 0 aromatic heterocycles. The van der Waals surface area contributed by atoms with Crippen LogP contribution in [0.15, 0.2) is 0 Å². The molecule has 2 nitrogen and oxygen atoms in total. The predicted octanol–water partition coefficient (Wildman–Crippen LogP) is 2.27. The van der Waals surface area contributed by atoms with E-state index in [0.717, 1.165) is 25.0 Å². The predicted molar refractivity (Wildman–Crippen MR) is 59.5 cm³/mol. The van der Waals surface area contributed by atoms with Gasteiger partial charge in [-0.3, -0.25) is 4.90 Å². The zero-order valence-corrected chi connectivity index (χ0v) is 10.3. The lowest BCUT2D eigenvalue weighted by atomic mass is 10.1. The van der Waals surface area contributed by atoms with Crippen LogP contribution in [0.25, 0.3) is 0 Å². The van der Waals surface area contributed by atoms with Gasteiger partial charge in [-0.2, -0.15) is 0 Å². The van der Waals surface area contributed by atoms with E-state index in [9.17, 15) is 0 Å². The first-order chi connectivity index (χ1) is 6.14. The molecule has 1 rings (SSSR count). The molecule has 0 atom stereocenters. The van der Waals surface area contributed by atoms with Gasteiger partial charge < -0.3 is 4.74 Å². The number of rotatable bonds is 4. The second kappa shape index (κ2) is 5.32. The van der Waals surface area contributed by atoms with Gasteiger partial charge >= 0.3 is 0 Å². The van der Waals surface area contributed by atoms with Crippen LogP contribution in [0.1, 0.15) is 26.7 Å². The second-order valence-corrected chi connectivity index (χ2v) is 5.07. The molecule has 0 unspecified atom stereocenters. The summed E-state index contributed by atoms with van der Waals surface area (Å²) < 4.78 is 5.65. The SMILES string of the molecule is CC1(C)CN(CCCCBr)CCO1. The molecule has 0 aliphatic carbocycles. The lowest BCUT2D eigenvalue weighted by Crippen LogP contribution is -2.48. The summed E-state index contributed by atoms with van der Waals surface area (Å²) in [6, 6.07) is 0. The number of unbranched alkanes of at least 4 members (excludes halogenated alkanes) is 1. The highest BCUT2D eigenvalue weighted by Crippen LogP contribution is 2.16. The van der Waals surface area contributed by atoms with Crippen molar-refractivity contribution in [3.8, 4) is 0 Å². The molecule has 0 N–H and O–H groups in total. The van der Waals surface area contributed by atoms with Crippen molar-refractivity contribution >= 4 is 15.9 Å². The largest absolute Gasteiger partial charge is 0.373 e. The van der Waals surface area contributed by atoms with Crippen LogP contribution in [0, 0.1) is 0 Å². The van der Waals surface area contributed by atoms with Crippen molar-refractivity contribution in [2.75, 3.05) is 31.6 Å². The topological polar surface area (TPSA) is 12.5 Å². The van der Waals surface area contributed by atoms with Gasteiger partial charge in [-0.05, 0) is 33.2 Å². The van der Waals surface area contributed by atoms with Gasteiger partial charge in [0, 0.05) is 18.4 Å². The van der Waals surface area contributed by atoms with Crippen molar-refractivity contribution in [1.82, 2.24) is 4.90 Å². The van der Waals surface area contributed by atoms with Crippen molar-refractivity contribution in [1.29, 1.82) is 0 Å². The molecule has 1 aliphatic heterocycles. The first-order valence-corrected chi connectivity index (χ1v) is 6.18. The van der Waals surface area contributed by atoms with E-state index in [0.29, 0.717) is 0 Å². The van der Waals surface area contributed by atoms with Crippen LogP contribution in [0.4, 0.5) is 0 Å². The maximum atomic E-state index is 5.65. The summed E-state index contributed by atoms with van der Waals surface area (Å²) >= 11 is 3.45. The maximum Gasteiger partial charge on any atom is 0.0753 e. The van der Waals surface area contributed by atoms with Gasteiger partial charge in [0.2, 0.25) is 0 Å². The van der Waals surface area contributed by atoms with E-state index in [1.165, 1.54) is 19.4 Å². The summed E-state index contributed by atoms with van der Waals surface area (Å²) in [5, 5.41) is 1.13. The summed E-state index contributed by atoms with van der Waals surface area (Å²) in [5.41, 5.74) is 0.0622. The van der Waals surface area contributed by atoms with Gasteiger partial charge in [-0.25, -0.2) is 0 Å². The smallest absolute Gasteiger partial charge is 0.0753 e. The fourth-order valence-electron chi connectivity index (χ4n) is 1.73. The van der Waals surface area contributed by atoms with E-state index in [-0.39, 0.29) is 5.60 Å². The van der Waals surface area contributed by atoms with Gasteiger partial charge in [-0.1, -0.05) is 15.9 Å². The van der Waals surface area contributed by atoms with Gasteiger partial charge in [0.15, 0.2) is 0 Å². The molecule has 0 amide bonds. The Morgan fingerprint density at radius 2 is 2.15 bits per heavy atom. The maximum absolute atomic E-state index is 5.65. The van der Waals surface area contributed by atoms with Crippen LogP contribution in [0.2, 0.25) is 0 Å².